The number of fused-ring (bicyclic) bond motifs is 1. The number of nitrogens with one attached hydrogen (secondary N) is 1. The molecule has 1 saturated carbocycles. The highest BCUT2D eigenvalue weighted by atomic mass is 35.5. The van der Waals surface area contributed by atoms with Crippen molar-refractivity contribution < 1.29 is 13.6 Å². The third kappa shape index (κ3) is 3.09. The monoisotopic (exact) mass is 333 g/mol. The van der Waals surface area contributed by atoms with Crippen LogP contribution in [0.3, 0.4) is 0 Å². The van der Waals surface area contributed by atoms with E-state index in [1.54, 1.807) is 12.1 Å². The van der Waals surface area contributed by atoms with E-state index in [9.17, 15) is 4.79 Å². The zero-order valence-corrected chi connectivity index (χ0v) is 13.1. The van der Waals surface area contributed by atoms with Crippen LogP contribution in [0.2, 0.25) is 0 Å². The first kappa shape index (κ1) is 15.6. The fraction of sp³-hybridized carbons (Fsp3) is 0.250. The number of amides is 1. The molecule has 0 spiro atoms. The molecule has 2 heterocycles. The summed E-state index contributed by atoms with van der Waals surface area (Å²) in [6.07, 6.45) is 3.68. The van der Waals surface area contributed by atoms with E-state index in [1.807, 2.05) is 12.1 Å². The van der Waals surface area contributed by atoms with E-state index < -0.39 is 0 Å². The molecular weight excluding hydrogens is 318 g/mol. The fourth-order valence-corrected chi connectivity index (χ4v) is 2.34. The van der Waals surface area contributed by atoms with Crippen molar-refractivity contribution in [3.8, 4) is 0 Å². The number of furan rings is 1. The van der Waals surface area contributed by atoms with Crippen molar-refractivity contribution in [3.63, 3.8) is 0 Å². The summed E-state index contributed by atoms with van der Waals surface area (Å²) in [5.74, 6) is 1.59. The number of oxazole rings is 1. The number of carbonyl (C=O) groups is 1. The number of benzene rings is 1. The Morgan fingerprint density at radius 3 is 2.87 bits per heavy atom. The highest BCUT2D eigenvalue weighted by Crippen LogP contribution is 2.40. The van der Waals surface area contributed by atoms with Gasteiger partial charge in [-0.05, 0) is 37.1 Å². The van der Waals surface area contributed by atoms with E-state index in [0.29, 0.717) is 22.9 Å². The van der Waals surface area contributed by atoms with Gasteiger partial charge in [0.15, 0.2) is 11.5 Å². The van der Waals surface area contributed by atoms with Gasteiger partial charge in [-0.1, -0.05) is 0 Å². The molecule has 7 heteroatoms. The van der Waals surface area contributed by atoms with Gasteiger partial charge in [0, 0.05) is 11.6 Å². The van der Waals surface area contributed by atoms with Crippen LogP contribution < -0.4 is 11.1 Å². The Balaban J connectivity index is 0.00000156. The molecule has 0 aliphatic heterocycles. The van der Waals surface area contributed by atoms with Gasteiger partial charge in [-0.2, -0.15) is 0 Å². The second kappa shape index (κ2) is 6.06. The van der Waals surface area contributed by atoms with Crippen LogP contribution in [0.5, 0.6) is 0 Å². The average Bonchev–Trinajstić information content (AvgIpc) is 3.11. The van der Waals surface area contributed by atoms with Crippen molar-refractivity contribution in [1.29, 1.82) is 0 Å². The van der Waals surface area contributed by atoms with Gasteiger partial charge >= 0.3 is 0 Å². The van der Waals surface area contributed by atoms with Crippen LogP contribution in [-0.2, 0) is 6.54 Å². The predicted molar refractivity (Wildman–Crippen MR) is 87.8 cm³/mol. The lowest BCUT2D eigenvalue weighted by Crippen LogP contribution is -2.10. The molecule has 23 heavy (non-hydrogen) atoms. The average molecular weight is 334 g/mol. The largest absolute Gasteiger partial charge is 0.467 e. The smallest absolute Gasteiger partial charge is 0.258 e. The highest BCUT2D eigenvalue weighted by Gasteiger charge is 2.28. The molecule has 6 nitrogen and oxygen atoms in total. The maximum Gasteiger partial charge on any atom is 0.258 e. The van der Waals surface area contributed by atoms with Crippen LogP contribution in [-0.4, -0.2) is 10.9 Å². The number of carbonyl (C=O) groups excluding carboxylic acids is 1. The quantitative estimate of drug-likeness (QED) is 0.762. The summed E-state index contributed by atoms with van der Waals surface area (Å²) in [6, 6.07) is 7.07. The van der Waals surface area contributed by atoms with Crippen LogP contribution in [0.1, 0.15) is 40.8 Å². The van der Waals surface area contributed by atoms with Gasteiger partial charge in [-0.3, -0.25) is 4.79 Å². The zero-order chi connectivity index (χ0) is 15.1. The first-order valence-electron chi connectivity index (χ1n) is 7.22. The molecule has 1 fully saturated rings. The Morgan fingerprint density at radius 2 is 2.17 bits per heavy atom. The van der Waals surface area contributed by atoms with E-state index in [4.69, 9.17) is 14.6 Å². The van der Waals surface area contributed by atoms with Crippen molar-refractivity contribution in [3.05, 3.63) is 47.7 Å². The molecule has 2 aromatic heterocycles. The molecule has 0 radical (unpaired) electrons. The van der Waals surface area contributed by atoms with E-state index in [1.165, 1.54) is 6.26 Å². The highest BCUT2D eigenvalue weighted by molar-refractivity contribution is 6.04. The van der Waals surface area contributed by atoms with Gasteiger partial charge in [0.1, 0.15) is 17.5 Å². The maximum atomic E-state index is 12.1. The third-order valence-corrected chi connectivity index (χ3v) is 3.71. The summed E-state index contributed by atoms with van der Waals surface area (Å²) >= 11 is 0. The minimum Gasteiger partial charge on any atom is -0.467 e. The molecule has 1 aromatic carbocycles. The first-order valence-corrected chi connectivity index (χ1v) is 7.22. The van der Waals surface area contributed by atoms with Crippen molar-refractivity contribution in [2.45, 2.75) is 25.3 Å². The van der Waals surface area contributed by atoms with Gasteiger partial charge in [0.05, 0.1) is 12.1 Å². The predicted octanol–water partition coefficient (Wildman–Crippen LogP) is 3.43. The number of nitrogens with zero attached hydrogens (tertiary/aromatic N) is 1. The standard InChI is InChI=1S/C16H15N3O3.ClH/c17-7-12-5-10(8-21-12)15(20)18-11-3-4-14-13(6-11)19-16(22-14)9-1-2-9;/h3-6,8-9H,1-2,7,17H2,(H,18,20);1H. The molecule has 4 rings (SSSR count). The number of nitrogens with two attached hydrogens (primary N) is 1. The first-order chi connectivity index (χ1) is 10.7. The van der Waals surface area contributed by atoms with Crippen LogP contribution in [0.25, 0.3) is 11.1 Å². The minimum atomic E-state index is -0.242. The van der Waals surface area contributed by atoms with Gasteiger partial charge in [0.25, 0.3) is 5.91 Å². The molecular formula is C16H16ClN3O3. The molecule has 120 valence electrons. The lowest BCUT2D eigenvalue weighted by Gasteiger charge is -2.02. The summed E-state index contributed by atoms with van der Waals surface area (Å²) < 4.78 is 10.9. The lowest BCUT2D eigenvalue weighted by atomic mass is 10.2. The number of anilines is 1. The Labute approximate surface area is 138 Å². The van der Waals surface area contributed by atoms with E-state index in [-0.39, 0.29) is 24.9 Å². The van der Waals surface area contributed by atoms with E-state index >= 15 is 0 Å². The number of aromatic nitrogens is 1. The van der Waals surface area contributed by atoms with Crippen molar-refractivity contribution >= 4 is 35.1 Å². The summed E-state index contributed by atoms with van der Waals surface area (Å²) in [5, 5.41) is 2.82. The van der Waals surface area contributed by atoms with Crippen molar-refractivity contribution in [2.75, 3.05) is 5.32 Å². The van der Waals surface area contributed by atoms with Crippen LogP contribution in [0, 0.1) is 0 Å². The number of halogens is 1. The summed E-state index contributed by atoms with van der Waals surface area (Å²) in [6.45, 7) is 0.266. The molecule has 1 amide bonds. The molecule has 3 aromatic rings. The molecule has 0 bridgehead atoms. The van der Waals surface area contributed by atoms with Gasteiger partial charge in [0.2, 0.25) is 0 Å². The molecule has 3 N–H and O–H groups in total. The van der Waals surface area contributed by atoms with Crippen molar-refractivity contribution in [1.82, 2.24) is 4.98 Å². The normalized spacial score (nSPS) is 13.8. The topological polar surface area (TPSA) is 94.3 Å². The van der Waals surface area contributed by atoms with Crippen LogP contribution in [0.15, 0.2) is 39.4 Å². The van der Waals surface area contributed by atoms with E-state index in [0.717, 1.165) is 29.8 Å². The summed E-state index contributed by atoms with van der Waals surface area (Å²) in [5.41, 5.74) is 8.08. The lowest BCUT2D eigenvalue weighted by molar-refractivity contribution is 0.102. The van der Waals surface area contributed by atoms with Gasteiger partial charge < -0.3 is 19.9 Å². The van der Waals surface area contributed by atoms with Crippen molar-refractivity contribution in [2.24, 2.45) is 5.73 Å². The number of rotatable bonds is 4. The summed E-state index contributed by atoms with van der Waals surface area (Å²) in [7, 11) is 0. The number of hydrogen-bond donors (Lipinski definition) is 2. The number of hydrogen-bond acceptors (Lipinski definition) is 5. The Hall–Kier alpha value is -2.31. The van der Waals surface area contributed by atoms with Gasteiger partial charge in [-0.15, -0.1) is 12.4 Å². The van der Waals surface area contributed by atoms with Gasteiger partial charge in [-0.25, -0.2) is 4.98 Å². The minimum absolute atomic E-state index is 0. The third-order valence-electron chi connectivity index (χ3n) is 3.71. The molecule has 0 atom stereocenters. The molecule has 0 unspecified atom stereocenters. The maximum absolute atomic E-state index is 12.1. The molecule has 1 aliphatic carbocycles. The summed E-state index contributed by atoms with van der Waals surface area (Å²) in [4.78, 5) is 16.6. The Kier molecular flexibility index (Phi) is 4.11. The second-order valence-electron chi connectivity index (χ2n) is 5.47. The zero-order valence-electron chi connectivity index (χ0n) is 12.2. The Morgan fingerprint density at radius 1 is 1.35 bits per heavy atom. The molecule has 0 saturated heterocycles. The van der Waals surface area contributed by atoms with Crippen LogP contribution in [0.4, 0.5) is 5.69 Å². The SMILES string of the molecule is Cl.NCc1cc(C(=O)Nc2ccc3oc(C4CC4)nc3c2)co1. The van der Waals surface area contributed by atoms with E-state index in [2.05, 4.69) is 10.3 Å². The Bertz CT molecular complexity index is 851. The fourth-order valence-electron chi connectivity index (χ4n) is 2.34. The van der Waals surface area contributed by atoms with Crippen LogP contribution >= 0.6 is 12.4 Å². The second-order valence-corrected chi connectivity index (χ2v) is 5.47. The molecule has 1 aliphatic rings.